The summed E-state index contributed by atoms with van der Waals surface area (Å²) in [6.45, 7) is 4.30. The van der Waals surface area contributed by atoms with Crippen LogP contribution in [0.2, 0.25) is 0 Å². The summed E-state index contributed by atoms with van der Waals surface area (Å²) in [6, 6.07) is 6.63. The van der Waals surface area contributed by atoms with E-state index in [4.69, 9.17) is 4.74 Å². The summed E-state index contributed by atoms with van der Waals surface area (Å²) in [4.78, 5) is 0. The molecule has 0 spiro atoms. The molecule has 1 fully saturated rings. The van der Waals surface area contributed by atoms with Crippen LogP contribution >= 0.6 is 0 Å². The lowest BCUT2D eigenvalue weighted by Gasteiger charge is -2.14. The van der Waals surface area contributed by atoms with Crippen LogP contribution in [0.15, 0.2) is 18.2 Å². The molecule has 0 heterocycles. The van der Waals surface area contributed by atoms with Gasteiger partial charge in [-0.2, -0.15) is 0 Å². The second-order valence-corrected chi connectivity index (χ2v) is 4.00. The van der Waals surface area contributed by atoms with E-state index in [1.165, 1.54) is 29.5 Å². The first-order chi connectivity index (χ1) is 6.18. The first-order valence-corrected chi connectivity index (χ1v) is 4.81. The van der Waals surface area contributed by atoms with Gasteiger partial charge in [0.15, 0.2) is 0 Å². The Bertz CT molecular complexity index is 324. The van der Waals surface area contributed by atoms with Gasteiger partial charge in [-0.15, -0.1) is 0 Å². The molecule has 1 aromatic carbocycles. The molecule has 0 aliphatic heterocycles. The van der Waals surface area contributed by atoms with Crippen molar-refractivity contribution >= 4 is 0 Å². The molecule has 1 nitrogen and oxygen atoms in total. The van der Waals surface area contributed by atoms with Crippen LogP contribution in [0.3, 0.4) is 0 Å². The van der Waals surface area contributed by atoms with Gasteiger partial charge >= 0.3 is 0 Å². The Kier molecular flexibility index (Phi) is 1.92. The summed E-state index contributed by atoms with van der Waals surface area (Å²) in [7, 11) is 1.81. The smallest absolute Gasteiger partial charge is 0.0930 e. The zero-order valence-electron chi connectivity index (χ0n) is 8.55. The maximum Gasteiger partial charge on any atom is 0.0930 e. The molecule has 1 aromatic rings. The monoisotopic (exact) mass is 176 g/mol. The van der Waals surface area contributed by atoms with Gasteiger partial charge < -0.3 is 4.74 Å². The average Bonchev–Trinajstić information content (AvgIpc) is 2.90. The SMILES string of the molecule is COC1(c2ccc(C)c(C)c2)CC1. The van der Waals surface area contributed by atoms with Crippen molar-refractivity contribution < 1.29 is 4.74 Å². The number of ether oxygens (including phenoxy) is 1. The third-order valence-electron chi connectivity index (χ3n) is 3.13. The van der Waals surface area contributed by atoms with Crippen molar-refractivity contribution in [2.75, 3.05) is 7.11 Å². The van der Waals surface area contributed by atoms with Gasteiger partial charge in [0, 0.05) is 7.11 Å². The maximum absolute atomic E-state index is 5.53. The third-order valence-corrected chi connectivity index (χ3v) is 3.13. The lowest BCUT2D eigenvalue weighted by Crippen LogP contribution is -2.08. The Morgan fingerprint density at radius 1 is 1.15 bits per heavy atom. The lowest BCUT2D eigenvalue weighted by atomic mass is 10.0. The number of hydrogen-bond acceptors (Lipinski definition) is 1. The molecule has 0 saturated heterocycles. The summed E-state index contributed by atoms with van der Waals surface area (Å²) < 4.78 is 5.53. The van der Waals surface area contributed by atoms with Crippen LogP contribution in [0.25, 0.3) is 0 Å². The highest BCUT2D eigenvalue weighted by Crippen LogP contribution is 2.48. The predicted molar refractivity (Wildman–Crippen MR) is 53.8 cm³/mol. The molecule has 1 aliphatic rings. The van der Waals surface area contributed by atoms with Gasteiger partial charge in [0.1, 0.15) is 0 Å². The Morgan fingerprint density at radius 3 is 2.31 bits per heavy atom. The van der Waals surface area contributed by atoms with Gasteiger partial charge in [-0.3, -0.25) is 0 Å². The van der Waals surface area contributed by atoms with Crippen molar-refractivity contribution in [1.29, 1.82) is 0 Å². The zero-order chi connectivity index (χ0) is 9.47. The molecule has 2 rings (SSSR count). The van der Waals surface area contributed by atoms with E-state index < -0.39 is 0 Å². The van der Waals surface area contributed by atoms with Crippen LogP contribution in [0.4, 0.5) is 0 Å². The summed E-state index contributed by atoms with van der Waals surface area (Å²) in [6.07, 6.45) is 2.35. The van der Waals surface area contributed by atoms with Crippen LogP contribution in [-0.4, -0.2) is 7.11 Å². The summed E-state index contributed by atoms with van der Waals surface area (Å²) in [5, 5.41) is 0. The maximum atomic E-state index is 5.53. The van der Waals surface area contributed by atoms with Gasteiger partial charge in [-0.25, -0.2) is 0 Å². The van der Waals surface area contributed by atoms with Crippen LogP contribution < -0.4 is 0 Å². The molecular weight excluding hydrogens is 160 g/mol. The van der Waals surface area contributed by atoms with Crippen LogP contribution in [0.5, 0.6) is 0 Å². The van der Waals surface area contributed by atoms with Crippen molar-refractivity contribution in [2.45, 2.75) is 32.3 Å². The van der Waals surface area contributed by atoms with E-state index >= 15 is 0 Å². The fourth-order valence-corrected chi connectivity index (χ4v) is 1.75. The molecule has 0 bridgehead atoms. The molecule has 70 valence electrons. The molecule has 0 atom stereocenters. The van der Waals surface area contributed by atoms with Gasteiger partial charge in [0.25, 0.3) is 0 Å². The predicted octanol–water partition coefficient (Wildman–Crippen LogP) is 2.94. The normalized spacial score (nSPS) is 18.7. The van der Waals surface area contributed by atoms with E-state index in [1.807, 2.05) is 7.11 Å². The van der Waals surface area contributed by atoms with E-state index in [-0.39, 0.29) is 5.60 Å². The Labute approximate surface area is 79.7 Å². The van der Waals surface area contributed by atoms with E-state index in [2.05, 4.69) is 32.0 Å². The first-order valence-electron chi connectivity index (χ1n) is 4.81. The molecule has 1 heteroatoms. The molecular formula is C12H16O. The lowest BCUT2D eigenvalue weighted by molar-refractivity contribution is 0.0789. The summed E-state index contributed by atoms with van der Waals surface area (Å²) in [5.41, 5.74) is 4.13. The van der Waals surface area contributed by atoms with E-state index in [9.17, 15) is 0 Å². The summed E-state index contributed by atoms with van der Waals surface area (Å²) in [5.74, 6) is 0. The molecule has 0 radical (unpaired) electrons. The van der Waals surface area contributed by atoms with Crippen molar-refractivity contribution in [2.24, 2.45) is 0 Å². The quantitative estimate of drug-likeness (QED) is 0.673. The van der Waals surface area contributed by atoms with Gasteiger partial charge in [-0.1, -0.05) is 18.2 Å². The molecule has 0 amide bonds. The van der Waals surface area contributed by atoms with Crippen LogP contribution in [0.1, 0.15) is 29.5 Å². The van der Waals surface area contributed by atoms with Crippen LogP contribution in [-0.2, 0) is 10.3 Å². The minimum absolute atomic E-state index is 0.0679. The number of aryl methyl sites for hydroxylation is 2. The van der Waals surface area contributed by atoms with Crippen molar-refractivity contribution in [1.82, 2.24) is 0 Å². The van der Waals surface area contributed by atoms with Crippen molar-refractivity contribution in [3.8, 4) is 0 Å². The Balaban J connectivity index is 2.37. The summed E-state index contributed by atoms with van der Waals surface area (Å²) >= 11 is 0. The third kappa shape index (κ3) is 1.37. The van der Waals surface area contributed by atoms with Gasteiger partial charge in [0.2, 0.25) is 0 Å². The molecule has 1 aliphatic carbocycles. The van der Waals surface area contributed by atoms with E-state index in [0.29, 0.717) is 0 Å². The molecule has 0 unspecified atom stereocenters. The standard InChI is InChI=1S/C12H16O/c1-9-4-5-11(8-10(9)2)12(13-3)6-7-12/h4-5,8H,6-7H2,1-3H3. The second-order valence-electron chi connectivity index (χ2n) is 4.00. The largest absolute Gasteiger partial charge is 0.374 e. The highest BCUT2D eigenvalue weighted by molar-refractivity contribution is 5.35. The molecule has 1 saturated carbocycles. The minimum Gasteiger partial charge on any atom is -0.374 e. The fourth-order valence-electron chi connectivity index (χ4n) is 1.75. The van der Waals surface area contributed by atoms with E-state index in [1.54, 1.807) is 0 Å². The zero-order valence-corrected chi connectivity index (χ0v) is 8.55. The van der Waals surface area contributed by atoms with Crippen LogP contribution in [0, 0.1) is 13.8 Å². The van der Waals surface area contributed by atoms with Gasteiger partial charge in [0.05, 0.1) is 5.60 Å². The Hall–Kier alpha value is -0.820. The fraction of sp³-hybridized carbons (Fsp3) is 0.500. The topological polar surface area (TPSA) is 9.23 Å². The number of methoxy groups -OCH3 is 1. The van der Waals surface area contributed by atoms with Crippen molar-refractivity contribution in [3.05, 3.63) is 34.9 Å². The Morgan fingerprint density at radius 2 is 1.85 bits per heavy atom. The van der Waals surface area contributed by atoms with Gasteiger partial charge in [-0.05, 0) is 43.4 Å². The van der Waals surface area contributed by atoms with E-state index in [0.717, 1.165) is 0 Å². The first kappa shape index (κ1) is 8.76. The second kappa shape index (κ2) is 2.85. The van der Waals surface area contributed by atoms with Crippen molar-refractivity contribution in [3.63, 3.8) is 0 Å². The molecule has 0 aromatic heterocycles. The molecule has 0 N–H and O–H groups in total. The average molecular weight is 176 g/mol. The highest BCUT2D eigenvalue weighted by Gasteiger charge is 2.44. The number of rotatable bonds is 2. The highest BCUT2D eigenvalue weighted by atomic mass is 16.5. The number of benzene rings is 1. The number of hydrogen-bond donors (Lipinski definition) is 0. The molecule has 13 heavy (non-hydrogen) atoms. The minimum atomic E-state index is 0.0679.